The number of carbonyl (C=O) groups excluding carboxylic acids is 4. The van der Waals surface area contributed by atoms with Gasteiger partial charge < -0.3 is 49.7 Å². The van der Waals surface area contributed by atoms with Gasteiger partial charge in [-0.25, -0.2) is 4.79 Å². The van der Waals surface area contributed by atoms with Crippen LogP contribution in [0.3, 0.4) is 0 Å². The zero-order valence-electron chi connectivity index (χ0n) is 22.3. The Balaban J connectivity index is 5.56. The number of hydrogen-bond donors (Lipinski definition) is 9. The lowest BCUT2D eigenvalue weighted by atomic mass is 10.0. The molecule has 0 aliphatic heterocycles. The fourth-order valence-electron chi connectivity index (χ4n) is 3.52. The van der Waals surface area contributed by atoms with Crippen molar-refractivity contribution in [3.63, 3.8) is 0 Å². The van der Waals surface area contributed by atoms with Crippen LogP contribution in [0.25, 0.3) is 0 Å². The lowest BCUT2D eigenvalue weighted by Crippen LogP contribution is -2.57. The molecule has 0 radical (unpaired) electrons. The van der Waals surface area contributed by atoms with E-state index in [9.17, 15) is 29.1 Å². The Hall–Kier alpha value is -3.46. The van der Waals surface area contributed by atoms with E-state index in [1.54, 1.807) is 0 Å². The number of guanidine groups is 1. The van der Waals surface area contributed by atoms with Crippen LogP contribution in [-0.2, 0) is 24.0 Å². The predicted octanol–water partition coefficient (Wildman–Crippen LogP) is -2.65. The molecule has 0 aromatic heterocycles. The largest absolute Gasteiger partial charge is 0.480 e. The molecule has 0 heterocycles. The summed E-state index contributed by atoms with van der Waals surface area (Å²) in [6, 6.07) is -4.43. The lowest BCUT2D eigenvalue weighted by molar-refractivity contribution is -0.142. The van der Waals surface area contributed by atoms with Gasteiger partial charge in [-0.3, -0.25) is 24.2 Å². The monoisotopic (exact) mass is 543 g/mol. The Morgan fingerprint density at radius 1 is 0.789 bits per heavy atom. The molecular formula is C23H45N9O6. The van der Waals surface area contributed by atoms with Gasteiger partial charge in [-0.15, -0.1) is 0 Å². The van der Waals surface area contributed by atoms with Crippen molar-refractivity contribution in [1.82, 2.24) is 16.0 Å². The SMILES string of the molecule is CC(C)CC(N)C(=O)NC(CCC(N)=O)C(=O)NC(CCCCN)C(=O)NC(CCCN=C(N)N)C(=O)O. The third-order valence-corrected chi connectivity index (χ3v) is 5.51. The molecule has 0 saturated carbocycles. The number of aliphatic imine (C=N–C) groups is 1. The second-order valence-corrected chi connectivity index (χ2v) is 9.50. The molecule has 0 spiro atoms. The van der Waals surface area contributed by atoms with Crippen molar-refractivity contribution >= 4 is 35.6 Å². The third-order valence-electron chi connectivity index (χ3n) is 5.51. The number of nitrogens with zero attached hydrogens (tertiary/aromatic N) is 1. The van der Waals surface area contributed by atoms with Gasteiger partial charge in [-0.1, -0.05) is 13.8 Å². The average Bonchev–Trinajstić information content (AvgIpc) is 2.81. The van der Waals surface area contributed by atoms with E-state index in [1.165, 1.54) is 0 Å². The maximum Gasteiger partial charge on any atom is 0.326 e. The number of nitrogens with one attached hydrogen (secondary N) is 3. The Morgan fingerprint density at radius 3 is 1.82 bits per heavy atom. The molecule has 0 aromatic rings. The Kier molecular flexibility index (Phi) is 17.0. The predicted molar refractivity (Wildman–Crippen MR) is 142 cm³/mol. The first-order chi connectivity index (χ1) is 17.8. The van der Waals surface area contributed by atoms with Gasteiger partial charge in [0.2, 0.25) is 23.6 Å². The number of nitrogens with two attached hydrogens (primary N) is 5. The molecule has 0 saturated heterocycles. The molecule has 4 unspecified atom stereocenters. The number of carboxylic acid groups (broad SMARTS) is 1. The molecular weight excluding hydrogens is 498 g/mol. The summed E-state index contributed by atoms with van der Waals surface area (Å²) in [6.07, 6.45) is 1.60. The Bertz CT molecular complexity index is 817. The number of hydrogen-bond acceptors (Lipinski definition) is 8. The van der Waals surface area contributed by atoms with E-state index in [4.69, 9.17) is 28.7 Å². The minimum absolute atomic E-state index is 0.0480. The highest BCUT2D eigenvalue weighted by Gasteiger charge is 2.30. The lowest BCUT2D eigenvalue weighted by Gasteiger charge is -2.25. The number of carboxylic acids is 1. The number of unbranched alkanes of at least 4 members (excludes halogenated alkanes) is 1. The number of primary amides is 1. The highest BCUT2D eigenvalue weighted by Crippen LogP contribution is 2.08. The van der Waals surface area contributed by atoms with E-state index in [0.29, 0.717) is 25.8 Å². The minimum Gasteiger partial charge on any atom is -0.480 e. The molecule has 14 N–H and O–H groups in total. The van der Waals surface area contributed by atoms with E-state index in [-0.39, 0.29) is 50.5 Å². The van der Waals surface area contributed by atoms with Gasteiger partial charge in [0.1, 0.15) is 18.1 Å². The van der Waals surface area contributed by atoms with Gasteiger partial charge in [0.05, 0.1) is 6.04 Å². The van der Waals surface area contributed by atoms with Crippen molar-refractivity contribution < 1.29 is 29.1 Å². The van der Waals surface area contributed by atoms with Crippen molar-refractivity contribution in [2.75, 3.05) is 13.1 Å². The molecule has 0 aromatic carbocycles. The second kappa shape index (κ2) is 18.7. The van der Waals surface area contributed by atoms with Crippen LogP contribution in [0.5, 0.6) is 0 Å². The third kappa shape index (κ3) is 15.6. The van der Waals surface area contributed by atoms with Crippen molar-refractivity contribution in [2.45, 2.75) is 89.4 Å². The summed E-state index contributed by atoms with van der Waals surface area (Å²) in [6.45, 7) is 4.31. The Labute approximate surface area is 223 Å². The van der Waals surface area contributed by atoms with E-state index in [1.807, 2.05) is 13.8 Å². The van der Waals surface area contributed by atoms with E-state index >= 15 is 0 Å². The van der Waals surface area contributed by atoms with Gasteiger partial charge in [0.25, 0.3) is 0 Å². The van der Waals surface area contributed by atoms with E-state index < -0.39 is 53.8 Å². The van der Waals surface area contributed by atoms with Crippen LogP contribution in [0.1, 0.15) is 65.2 Å². The van der Waals surface area contributed by atoms with Crippen LogP contribution in [-0.4, -0.2) is 77.9 Å². The van der Waals surface area contributed by atoms with Crippen molar-refractivity contribution in [3.8, 4) is 0 Å². The van der Waals surface area contributed by atoms with Crippen LogP contribution in [0.2, 0.25) is 0 Å². The zero-order valence-corrected chi connectivity index (χ0v) is 22.3. The van der Waals surface area contributed by atoms with Crippen molar-refractivity contribution in [1.29, 1.82) is 0 Å². The second-order valence-electron chi connectivity index (χ2n) is 9.50. The maximum atomic E-state index is 13.1. The highest BCUT2D eigenvalue weighted by atomic mass is 16.4. The fraction of sp³-hybridized carbons (Fsp3) is 0.739. The first-order valence-corrected chi connectivity index (χ1v) is 12.7. The van der Waals surface area contributed by atoms with Gasteiger partial charge in [-0.2, -0.15) is 0 Å². The fourth-order valence-corrected chi connectivity index (χ4v) is 3.52. The average molecular weight is 544 g/mol. The first kappa shape index (κ1) is 34.5. The molecule has 4 atom stereocenters. The molecule has 38 heavy (non-hydrogen) atoms. The van der Waals surface area contributed by atoms with Gasteiger partial charge in [0, 0.05) is 13.0 Å². The normalized spacial score (nSPS) is 14.0. The quantitative estimate of drug-likeness (QED) is 0.0436. The van der Waals surface area contributed by atoms with Gasteiger partial charge in [0.15, 0.2) is 5.96 Å². The summed E-state index contributed by atoms with van der Waals surface area (Å²) in [5.41, 5.74) is 27.2. The summed E-state index contributed by atoms with van der Waals surface area (Å²) in [7, 11) is 0. The minimum atomic E-state index is -1.26. The molecule has 0 aliphatic carbocycles. The number of carbonyl (C=O) groups is 5. The molecule has 15 nitrogen and oxygen atoms in total. The van der Waals surface area contributed by atoms with Crippen LogP contribution in [0.15, 0.2) is 4.99 Å². The zero-order chi connectivity index (χ0) is 29.3. The van der Waals surface area contributed by atoms with Crippen molar-refractivity contribution in [3.05, 3.63) is 0 Å². The first-order valence-electron chi connectivity index (χ1n) is 12.7. The number of aliphatic carboxylic acids is 1. The van der Waals surface area contributed by atoms with Crippen LogP contribution >= 0.6 is 0 Å². The maximum absolute atomic E-state index is 13.1. The molecule has 0 rings (SSSR count). The summed E-state index contributed by atoms with van der Waals surface area (Å²) in [5.74, 6) is -3.98. The van der Waals surface area contributed by atoms with Crippen molar-refractivity contribution in [2.24, 2.45) is 39.6 Å². The van der Waals surface area contributed by atoms with Crippen LogP contribution < -0.4 is 44.6 Å². The molecule has 218 valence electrons. The summed E-state index contributed by atoms with van der Waals surface area (Å²) < 4.78 is 0. The van der Waals surface area contributed by atoms with Gasteiger partial charge in [-0.05, 0) is 57.4 Å². The molecule has 4 amide bonds. The van der Waals surface area contributed by atoms with Gasteiger partial charge >= 0.3 is 5.97 Å². The van der Waals surface area contributed by atoms with Crippen LogP contribution in [0, 0.1) is 5.92 Å². The highest BCUT2D eigenvalue weighted by molar-refractivity contribution is 5.94. The van der Waals surface area contributed by atoms with E-state index in [0.717, 1.165) is 0 Å². The van der Waals surface area contributed by atoms with Crippen LogP contribution in [0.4, 0.5) is 0 Å². The summed E-state index contributed by atoms with van der Waals surface area (Å²) in [4.78, 5) is 65.4. The topological polar surface area (TPSA) is 284 Å². The standard InChI is InChI=1S/C23H45N9O6/c1-13(2)12-14(25)19(34)30-16(8-9-18(26)33)21(36)31-15(6-3-4-10-24)20(35)32-17(22(37)38)7-5-11-29-23(27)28/h13-17H,3-12,24-25H2,1-2H3,(H2,26,33)(H,30,34)(H,31,36)(H,32,35)(H,37,38)(H4,27,28,29). The summed E-state index contributed by atoms with van der Waals surface area (Å²) in [5, 5.41) is 17.0. The number of amides is 4. The Morgan fingerprint density at radius 2 is 1.32 bits per heavy atom. The molecule has 0 fully saturated rings. The molecule has 0 bridgehead atoms. The molecule has 15 heteroatoms. The summed E-state index contributed by atoms with van der Waals surface area (Å²) >= 11 is 0. The molecule has 0 aliphatic rings. The number of rotatable bonds is 20. The van der Waals surface area contributed by atoms with E-state index in [2.05, 4.69) is 20.9 Å². The smallest absolute Gasteiger partial charge is 0.326 e.